The quantitative estimate of drug-likeness (QED) is 0.459. The Labute approximate surface area is 164 Å². The maximum absolute atomic E-state index is 12.7. The summed E-state index contributed by atoms with van der Waals surface area (Å²) in [7, 11) is 0. The molecule has 1 unspecified atom stereocenters. The lowest BCUT2D eigenvalue weighted by molar-refractivity contribution is -0.137. The molecule has 0 spiro atoms. The van der Waals surface area contributed by atoms with Crippen molar-refractivity contribution < 1.29 is 14.6 Å². The van der Waals surface area contributed by atoms with E-state index in [9.17, 15) is 13.2 Å². The second-order valence-electron chi connectivity index (χ2n) is 7.64. The summed E-state index contributed by atoms with van der Waals surface area (Å²) < 4.78 is 38.0. The molecule has 152 valence electrons. The first-order valence-corrected chi connectivity index (χ1v) is 10.4. The van der Waals surface area contributed by atoms with Crippen molar-refractivity contribution in [2.24, 2.45) is 17.8 Å². The summed E-state index contributed by atoms with van der Waals surface area (Å²) in [6.45, 7) is 7.85. The highest BCUT2D eigenvalue weighted by Crippen LogP contribution is 2.42. The molecule has 0 saturated heterocycles. The van der Waals surface area contributed by atoms with Crippen molar-refractivity contribution in [1.82, 2.24) is 0 Å². The molecule has 0 heterocycles. The summed E-state index contributed by atoms with van der Waals surface area (Å²) in [6.07, 6.45) is 9.74. The van der Waals surface area contributed by atoms with Gasteiger partial charge in [0.1, 0.15) is 0 Å². The minimum atomic E-state index is -4.25. The van der Waals surface area contributed by atoms with Gasteiger partial charge in [0, 0.05) is 1.43 Å². The summed E-state index contributed by atoms with van der Waals surface area (Å²) in [4.78, 5) is 0. The number of hydrogen-bond acceptors (Lipinski definition) is 0. The predicted molar refractivity (Wildman–Crippen MR) is 110 cm³/mol. The molecule has 0 nitrogen and oxygen atoms in total. The van der Waals surface area contributed by atoms with E-state index >= 15 is 0 Å². The Bertz CT molecular complexity index is 608. The number of halogens is 3. The summed E-state index contributed by atoms with van der Waals surface area (Å²) in [5.41, 5.74) is 1.59. The van der Waals surface area contributed by atoms with Crippen molar-refractivity contribution in [2.75, 3.05) is 0 Å². The lowest BCUT2D eigenvalue weighted by atomic mass is 9.70. The molecule has 1 saturated carbocycles. The predicted octanol–water partition coefficient (Wildman–Crippen LogP) is 8.54. The topological polar surface area (TPSA) is 0 Å². The fourth-order valence-corrected chi connectivity index (χ4v) is 4.55. The van der Waals surface area contributed by atoms with E-state index in [4.69, 9.17) is 0 Å². The number of allylic oxidation sites excluding steroid dienone is 3. The minimum absolute atomic E-state index is 0. The molecule has 0 N–H and O–H groups in total. The van der Waals surface area contributed by atoms with E-state index in [1.807, 2.05) is 19.9 Å². The normalized spacial score (nSPS) is 25.8. The molecule has 3 heteroatoms. The van der Waals surface area contributed by atoms with Crippen LogP contribution in [0.4, 0.5) is 13.2 Å². The molecular weight excluding hydrogens is 345 g/mol. The van der Waals surface area contributed by atoms with E-state index in [-0.39, 0.29) is 1.43 Å². The van der Waals surface area contributed by atoms with E-state index in [0.29, 0.717) is 0 Å². The van der Waals surface area contributed by atoms with Crippen molar-refractivity contribution in [1.29, 1.82) is 0 Å². The zero-order valence-electron chi connectivity index (χ0n) is 16.7. The highest BCUT2D eigenvalue weighted by molar-refractivity contribution is 5.66. The fourth-order valence-electron chi connectivity index (χ4n) is 4.55. The molecule has 3 rings (SSSR count). The van der Waals surface area contributed by atoms with Gasteiger partial charge in [-0.15, -0.1) is 6.58 Å². The highest BCUT2D eigenvalue weighted by Gasteiger charge is 2.31. The molecular formula is C24H35F3. The average Bonchev–Trinajstić information content (AvgIpc) is 2.70. The standard InChI is InChI=1S/C22H27F3.C2H6.H2/c1-2-3-16-4-6-17(7-5-16)18-8-10-19(11-9-18)20-12-14-21(15-13-20)22(23,24)25;1-2;/h2,10,12-18H,1,3-9,11H2;1-2H3;1H. The number of benzene rings is 1. The lowest BCUT2D eigenvalue weighted by Gasteiger charge is -2.35. The van der Waals surface area contributed by atoms with Crippen LogP contribution in [0, 0.1) is 17.8 Å². The Morgan fingerprint density at radius 1 is 1.00 bits per heavy atom. The van der Waals surface area contributed by atoms with E-state index in [1.165, 1.54) is 49.8 Å². The Balaban J connectivity index is 0.00000127. The van der Waals surface area contributed by atoms with Crippen LogP contribution in [0.15, 0.2) is 43.0 Å². The SMILES string of the molecule is C=CCC1CCC(C2CC=C(c3ccc(C(F)(F)F)cc3)CC2)CC1.CC.[HH]. The maximum Gasteiger partial charge on any atom is 0.416 e. The van der Waals surface area contributed by atoms with Crippen molar-refractivity contribution in [3.8, 4) is 0 Å². The first kappa shape index (κ1) is 21.8. The molecule has 1 atom stereocenters. The van der Waals surface area contributed by atoms with Crippen molar-refractivity contribution in [2.45, 2.75) is 71.4 Å². The van der Waals surface area contributed by atoms with Gasteiger partial charge in [-0.3, -0.25) is 0 Å². The molecule has 0 aromatic heterocycles. The average molecular weight is 381 g/mol. The first-order valence-electron chi connectivity index (χ1n) is 10.4. The minimum Gasteiger partial charge on any atom is -0.166 e. The molecule has 0 radical (unpaired) electrons. The van der Waals surface area contributed by atoms with Crippen LogP contribution in [0.5, 0.6) is 0 Å². The van der Waals surface area contributed by atoms with Crippen molar-refractivity contribution in [3.05, 3.63) is 54.1 Å². The van der Waals surface area contributed by atoms with Crippen molar-refractivity contribution >= 4 is 5.57 Å². The second kappa shape index (κ2) is 10.1. The molecule has 2 aliphatic carbocycles. The highest BCUT2D eigenvalue weighted by atomic mass is 19.4. The van der Waals surface area contributed by atoms with Crippen LogP contribution in [0.2, 0.25) is 0 Å². The van der Waals surface area contributed by atoms with Crippen LogP contribution < -0.4 is 0 Å². The Morgan fingerprint density at radius 2 is 1.63 bits per heavy atom. The van der Waals surface area contributed by atoms with Gasteiger partial charge >= 0.3 is 6.18 Å². The van der Waals surface area contributed by atoms with Gasteiger partial charge in [-0.05, 0) is 92.4 Å². The van der Waals surface area contributed by atoms with Gasteiger partial charge in [0.15, 0.2) is 0 Å². The monoisotopic (exact) mass is 380 g/mol. The maximum atomic E-state index is 12.7. The third kappa shape index (κ3) is 5.99. The van der Waals surface area contributed by atoms with E-state index in [1.54, 1.807) is 12.1 Å². The molecule has 27 heavy (non-hydrogen) atoms. The third-order valence-electron chi connectivity index (χ3n) is 6.09. The van der Waals surface area contributed by atoms with Gasteiger partial charge in [0.25, 0.3) is 0 Å². The molecule has 1 fully saturated rings. The molecule has 0 amide bonds. The number of hydrogen-bond donors (Lipinski definition) is 0. The van der Waals surface area contributed by atoms with E-state index < -0.39 is 11.7 Å². The van der Waals surface area contributed by atoms with Gasteiger partial charge in [-0.1, -0.05) is 38.1 Å². The first-order chi connectivity index (χ1) is 13.0. The smallest absolute Gasteiger partial charge is 0.166 e. The fraction of sp³-hybridized carbons (Fsp3) is 0.583. The number of rotatable bonds is 4. The second-order valence-corrected chi connectivity index (χ2v) is 7.64. The lowest BCUT2D eigenvalue weighted by Crippen LogP contribution is -2.23. The van der Waals surface area contributed by atoms with Gasteiger partial charge in [0.05, 0.1) is 5.56 Å². The van der Waals surface area contributed by atoms with Gasteiger partial charge in [-0.2, -0.15) is 13.2 Å². The Kier molecular flexibility index (Phi) is 8.19. The largest absolute Gasteiger partial charge is 0.416 e. The van der Waals surface area contributed by atoms with Gasteiger partial charge in [-0.25, -0.2) is 0 Å². The van der Waals surface area contributed by atoms with Crippen LogP contribution in [0.3, 0.4) is 0 Å². The van der Waals surface area contributed by atoms with Crippen LogP contribution in [-0.2, 0) is 6.18 Å². The van der Waals surface area contributed by atoms with Crippen molar-refractivity contribution in [3.63, 3.8) is 0 Å². The van der Waals surface area contributed by atoms with Crippen LogP contribution in [0.25, 0.3) is 5.57 Å². The summed E-state index contributed by atoms with van der Waals surface area (Å²) in [5.74, 6) is 2.41. The van der Waals surface area contributed by atoms with E-state index in [0.717, 1.165) is 42.6 Å². The summed E-state index contributed by atoms with van der Waals surface area (Å²) in [5, 5.41) is 0. The molecule has 0 bridgehead atoms. The molecule has 2 aliphatic rings. The zero-order valence-corrected chi connectivity index (χ0v) is 16.7. The van der Waals surface area contributed by atoms with Crippen LogP contribution in [0.1, 0.15) is 77.8 Å². The van der Waals surface area contributed by atoms with Crippen LogP contribution in [-0.4, -0.2) is 0 Å². The summed E-state index contributed by atoms with van der Waals surface area (Å²) in [6, 6.07) is 5.64. The summed E-state index contributed by atoms with van der Waals surface area (Å²) >= 11 is 0. The Morgan fingerprint density at radius 3 is 2.11 bits per heavy atom. The molecule has 0 aliphatic heterocycles. The van der Waals surface area contributed by atoms with Gasteiger partial charge < -0.3 is 0 Å². The van der Waals surface area contributed by atoms with Gasteiger partial charge in [0.2, 0.25) is 0 Å². The van der Waals surface area contributed by atoms with E-state index in [2.05, 4.69) is 12.7 Å². The Hall–Kier alpha value is -1.51. The zero-order chi connectivity index (χ0) is 19.9. The van der Waals surface area contributed by atoms with Crippen LogP contribution >= 0.6 is 0 Å². The third-order valence-corrected chi connectivity index (χ3v) is 6.09. The molecule has 1 aromatic rings. The number of alkyl halides is 3. The molecule has 1 aromatic carbocycles.